The van der Waals surface area contributed by atoms with Crippen LogP contribution in [0.15, 0.2) is 30.6 Å². The van der Waals surface area contributed by atoms with Gasteiger partial charge in [-0.1, -0.05) is 6.07 Å². The number of aromatic nitrogens is 2. The van der Waals surface area contributed by atoms with Gasteiger partial charge in [0.05, 0.1) is 5.56 Å². The molecule has 7 heteroatoms. The summed E-state index contributed by atoms with van der Waals surface area (Å²) in [5, 5.41) is 0. The van der Waals surface area contributed by atoms with Crippen LogP contribution in [0.4, 0.5) is 5.95 Å². The molecular weight excluding hydrogens is 332 g/mol. The van der Waals surface area contributed by atoms with E-state index in [-0.39, 0.29) is 5.78 Å². The molecule has 1 aromatic heterocycles. The fourth-order valence-corrected chi connectivity index (χ4v) is 3.36. The Balaban J connectivity index is 1.39. The van der Waals surface area contributed by atoms with Crippen LogP contribution in [0.1, 0.15) is 35.8 Å². The van der Waals surface area contributed by atoms with E-state index in [1.54, 1.807) is 12.4 Å². The first-order valence-electron chi connectivity index (χ1n) is 8.83. The van der Waals surface area contributed by atoms with Gasteiger partial charge in [-0.05, 0) is 31.5 Å². The maximum absolute atomic E-state index is 11.3. The Morgan fingerprint density at radius 3 is 2.46 bits per heavy atom. The summed E-state index contributed by atoms with van der Waals surface area (Å²) >= 11 is 0. The maximum atomic E-state index is 11.3. The van der Waals surface area contributed by atoms with Crippen LogP contribution in [-0.2, 0) is 0 Å². The van der Waals surface area contributed by atoms with E-state index < -0.39 is 0 Å². The molecule has 0 radical (unpaired) electrons. The number of fused-ring (bicyclic) bond motifs is 1. The molecule has 1 atom stereocenters. The lowest BCUT2D eigenvalue weighted by atomic mass is 10.1. The zero-order valence-corrected chi connectivity index (χ0v) is 15.0. The van der Waals surface area contributed by atoms with Crippen molar-refractivity contribution in [3.8, 4) is 11.5 Å². The van der Waals surface area contributed by atoms with E-state index in [0.29, 0.717) is 24.3 Å². The molecule has 26 heavy (non-hydrogen) atoms. The zero-order valence-electron chi connectivity index (χ0n) is 15.0. The lowest BCUT2D eigenvalue weighted by Crippen LogP contribution is -2.47. The summed E-state index contributed by atoms with van der Waals surface area (Å²) in [6.45, 7) is 7.59. The molecule has 1 aromatic carbocycles. The molecule has 3 heterocycles. The summed E-state index contributed by atoms with van der Waals surface area (Å²) in [7, 11) is 0. The molecule has 0 aliphatic carbocycles. The Morgan fingerprint density at radius 1 is 1.08 bits per heavy atom. The molecule has 2 aliphatic rings. The van der Waals surface area contributed by atoms with Crippen molar-refractivity contribution < 1.29 is 14.3 Å². The van der Waals surface area contributed by atoms with Crippen molar-refractivity contribution in [3.05, 3.63) is 41.7 Å². The molecule has 0 unspecified atom stereocenters. The molecule has 0 amide bonds. The van der Waals surface area contributed by atoms with E-state index >= 15 is 0 Å². The molecular formula is C19H22N4O3. The largest absolute Gasteiger partial charge is 0.454 e. The van der Waals surface area contributed by atoms with Crippen molar-refractivity contribution >= 4 is 11.7 Å². The number of hydrogen-bond donors (Lipinski definition) is 0. The van der Waals surface area contributed by atoms with Crippen molar-refractivity contribution in [2.24, 2.45) is 0 Å². The Kier molecular flexibility index (Phi) is 4.46. The fraction of sp³-hybridized carbons (Fsp3) is 0.421. The van der Waals surface area contributed by atoms with E-state index in [4.69, 9.17) is 9.47 Å². The van der Waals surface area contributed by atoms with Crippen molar-refractivity contribution in [1.29, 1.82) is 0 Å². The van der Waals surface area contributed by atoms with Gasteiger partial charge in [-0.25, -0.2) is 9.97 Å². The van der Waals surface area contributed by atoms with Crippen LogP contribution < -0.4 is 14.4 Å². The summed E-state index contributed by atoms with van der Waals surface area (Å²) in [6.07, 6.45) is 3.21. The van der Waals surface area contributed by atoms with Crippen LogP contribution in [0.25, 0.3) is 0 Å². The molecule has 0 N–H and O–H groups in total. The minimum atomic E-state index is -0.0149. The van der Waals surface area contributed by atoms with Gasteiger partial charge < -0.3 is 14.4 Å². The fourth-order valence-electron chi connectivity index (χ4n) is 3.36. The molecule has 7 nitrogen and oxygen atoms in total. The third-order valence-electron chi connectivity index (χ3n) is 5.07. The predicted molar refractivity (Wildman–Crippen MR) is 96.8 cm³/mol. The lowest BCUT2D eigenvalue weighted by Gasteiger charge is -2.38. The lowest BCUT2D eigenvalue weighted by molar-refractivity contribution is 0.101. The van der Waals surface area contributed by atoms with Gasteiger partial charge in [0.1, 0.15) is 0 Å². The minimum absolute atomic E-state index is 0.0149. The van der Waals surface area contributed by atoms with Crippen LogP contribution in [0, 0.1) is 0 Å². The van der Waals surface area contributed by atoms with Gasteiger partial charge in [-0.15, -0.1) is 0 Å². The molecule has 2 aliphatic heterocycles. The molecule has 0 bridgehead atoms. The standard InChI is InChI=1S/C19H22N4O3/c1-13(15-3-4-17-18(9-15)26-12-25-17)22-5-7-23(8-6-22)19-20-10-16(11-21-19)14(2)24/h3-4,9-11,13H,5-8,12H2,1-2H3/t13-/m0/s1. The third kappa shape index (κ3) is 3.22. The Labute approximate surface area is 152 Å². The van der Waals surface area contributed by atoms with E-state index in [0.717, 1.165) is 37.7 Å². The van der Waals surface area contributed by atoms with Crippen LogP contribution in [-0.4, -0.2) is 53.6 Å². The van der Waals surface area contributed by atoms with Gasteiger partial charge in [-0.2, -0.15) is 0 Å². The number of ketones is 1. The van der Waals surface area contributed by atoms with E-state index in [1.165, 1.54) is 12.5 Å². The van der Waals surface area contributed by atoms with Crippen LogP contribution in [0.2, 0.25) is 0 Å². The topological polar surface area (TPSA) is 67.8 Å². The average Bonchev–Trinajstić information content (AvgIpc) is 3.15. The van der Waals surface area contributed by atoms with Crippen LogP contribution >= 0.6 is 0 Å². The summed E-state index contributed by atoms with van der Waals surface area (Å²) in [5.74, 6) is 2.31. The van der Waals surface area contributed by atoms with Gasteiger partial charge in [0.15, 0.2) is 17.3 Å². The number of hydrogen-bond acceptors (Lipinski definition) is 7. The maximum Gasteiger partial charge on any atom is 0.231 e. The van der Waals surface area contributed by atoms with E-state index in [1.807, 2.05) is 6.07 Å². The molecule has 2 aromatic rings. The highest BCUT2D eigenvalue weighted by Gasteiger charge is 2.25. The molecule has 0 spiro atoms. The molecule has 1 fully saturated rings. The van der Waals surface area contributed by atoms with Gasteiger partial charge >= 0.3 is 0 Å². The predicted octanol–water partition coefficient (Wildman–Crippen LogP) is 2.29. The second-order valence-electron chi connectivity index (χ2n) is 6.64. The first-order chi connectivity index (χ1) is 12.6. The highest BCUT2D eigenvalue weighted by Crippen LogP contribution is 2.35. The first kappa shape index (κ1) is 16.8. The third-order valence-corrected chi connectivity index (χ3v) is 5.07. The number of rotatable bonds is 4. The van der Waals surface area contributed by atoms with Crippen LogP contribution in [0.3, 0.4) is 0 Å². The highest BCUT2D eigenvalue weighted by molar-refractivity contribution is 5.93. The van der Waals surface area contributed by atoms with Crippen LogP contribution in [0.5, 0.6) is 11.5 Å². The number of nitrogens with zero attached hydrogens (tertiary/aromatic N) is 4. The van der Waals surface area contributed by atoms with Crippen molar-refractivity contribution in [2.75, 3.05) is 37.9 Å². The van der Waals surface area contributed by atoms with Crippen molar-refractivity contribution in [3.63, 3.8) is 0 Å². The summed E-state index contributed by atoms with van der Waals surface area (Å²) in [4.78, 5) is 24.6. The second kappa shape index (κ2) is 6.92. The quantitative estimate of drug-likeness (QED) is 0.780. The smallest absolute Gasteiger partial charge is 0.231 e. The van der Waals surface area contributed by atoms with E-state index in [2.05, 4.69) is 38.8 Å². The number of ether oxygens (including phenoxy) is 2. The second-order valence-corrected chi connectivity index (χ2v) is 6.64. The van der Waals surface area contributed by atoms with Gasteiger partial charge in [-0.3, -0.25) is 9.69 Å². The Bertz CT molecular complexity index is 801. The average molecular weight is 354 g/mol. The summed E-state index contributed by atoms with van der Waals surface area (Å²) < 4.78 is 10.9. The molecule has 136 valence electrons. The summed E-state index contributed by atoms with van der Waals surface area (Å²) in [5.41, 5.74) is 1.77. The molecule has 4 rings (SSSR count). The number of carbonyl (C=O) groups is 1. The number of piperazine rings is 1. The number of benzene rings is 1. The molecule has 0 saturated carbocycles. The van der Waals surface area contributed by atoms with Crippen molar-refractivity contribution in [2.45, 2.75) is 19.9 Å². The molecule has 1 saturated heterocycles. The van der Waals surface area contributed by atoms with Crippen molar-refractivity contribution in [1.82, 2.24) is 14.9 Å². The highest BCUT2D eigenvalue weighted by atomic mass is 16.7. The Hall–Kier alpha value is -2.67. The van der Waals surface area contributed by atoms with E-state index in [9.17, 15) is 4.79 Å². The minimum Gasteiger partial charge on any atom is -0.454 e. The summed E-state index contributed by atoms with van der Waals surface area (Å²) in [6, 6.07) is 6.46. The normalized spacial score (nSPS) is 18.0. The monoisotopic (exact) mass is 354 g/mol. The first-order valence-corrected chi connectivity index (χ1v) is 8.83. The SMILES string of the molecule is CC(=O)c1cnc(N2CCN([C@@H](C)c3ccc4c(c3)OCO4)CC2)nc1. The number of Topliss-reactive ketones (excluding diaryl/α,β-unsaturated/α-hetero) is 1. The van der Waals surface area contributed by atoms with Gasteiger partial charge in [0.2, 0.25) is 12.7 Å². The number of carbonyl (C=O) groups excluding carboxylic acids is 1. The van der Waals surface area contributed by atoms with Gasteiger partial charge in [0, 0.05) is 44.6 Å². The zero-order chi connectivity index (χ0) is 18.1. The Morgan fingerprint density at radius 2 is 1.77 bits per heavy atom. The number of anilines is 1. The van der Waals surface area contributed by atoms with Gasteiger partial charge in [0.25, 0.3) is 0 Å².